The Morgan fingerprint density at radius 3 is 2.15 bits per heavy atom. The number of benzene rings is 1. The number of carbonyl (C=O) groups excluding carboxylic acids is 2. The summed E-state index contributed by atoms with van der Waals surface area (Å²) in [5, 5.41) is 0. The fraction of sp³-hybridized carbons (Fsp3) is 0.529. The molecule has 0 aliphatic carbocycles. The molecule has 0 unspecified atom stereocenters. The number of amides is 2. The van der Waals surface area contributed by atoms with Crippen molar-refractivity contribution in [3.63, 3.8) is 0 Å². The number of likely N-dealkylation sites (N-methyl/N-ethyl adjacent to an activating group) is 1. The number of sulfonamides is 1. The van der Waals surface area contributed by atoms with Crippen molar-refractivity contribution >= 4 is 22.0 Å². The maximum Gasteiger partial charge on any atom is 0.409 e. The monoisotopic (exact) mass is 383 g/mol. The van der Waals surface area contributed by atoms with Crippen molar-refractivity contribution in [2.45, 2.75) is 13.0 Å². The minimum absolute atomic E-state index is 0.298. The zero-order valence-corrected chi connectivity index (χ0v) is 16.1. The van der Waals surface area contributed by atoms with Crippen LogP contribution in [0, 0.1) is 0 Å². The molecule has 0 aromatic heterocycles. The Morgan fingerprint density at radius 2 is 1.65 bits per heavy atom. The van der Waals surface area contributed by atoms with Crippen molar-refractivity contribution in [2.24, 2.45) is 0 Å². The lowest BCUT2D eigenvalue weighted by Gasteiger charge is -2.37. The summed E-state index contributed by atoms with van der Waals surface area (Å²) in [6, 6.07) is 7.89. The number of rotatable bonds is 5. The lowest BCUT2D eigenvalue weighted by Crippen LogP contribution is -2.53. The summed E-state index contributed by atoms with van der Waals surface area (Å²) in [4.78, 5) is 28.0. The molecule has 0 radical (unpaired) electrons. The Kier molecular flexibility index (Phi) is 6.60. The molecule has 9 heteroatoms. The van der Waals surface area contributed by atoms with Gasteiger partial charge in [0.1, 0.15) is 6.04 Å². The average molecular weight is 383 g/mol. The molecule has 1 aliphatic rings. The van der Waals surface area contributed by atoms with Crippen molar-refractivity contribution in [3.05, 3.63) is 35.9 Å². The average Bonchev–Trinajstić information content (AvgIpc) is 2.62. The van der Waals surface area contributed by atoms with Gasteiger partial charge in [0.15, 0.2) is 0 Å². The predicted octanol–water partition coefficient (Wildman–Crippen LogP) is 0.920. The van der Waals surface area contributed by atoms with Crippen molar-refractivity contribution in [1.29, 1.82) is 0 Å². The second kappa shape index (κ2) is 8.50. The van der Waals surface area contributed by atoms with Crippen LogP contribution in [0.1, 0.15) is 18.5 Å². The predicted molar refractivity (Wildman–Crippen MR) is 97.0 cm³/mol. The first-order valence-corrected chi connectivity index (χ1v) is 10.3. The van der Waals surface area contributed by atoms with Crippen LogP contribution in [0.25, 0.3) is 0 Å². The third-order valence-corrected chi connectivity index (χ3v) is 5.61. The standard InChI is InChI=1S/C17H25N3O5S/c1-4-25-17(22)20-12-10-19(11-13-20)16(21)15(18(2)26(3,23)24)14-8-6-5-7-9-14/h5-9,15H,4,10-13H2,1-3H3/t15-/m0/s1. The van der Waals surface area contributed by atoms with Crippen LogP contribution in [0.15, 0.2) is 30.3 Å². The molecule has 8 nitrogen and oxygen atoms in total. The number of hydrogen-bond donors (Lipinski definition) is 0. The molecule has 1 atom stereocenters. The second-order valence-electron chi connectivity index (χ2n) is 6.10. The first-order chi connectivity index (χ1) is 12.3. The molecule has 2 amide bonds. The number of carbonyl (C=O) groups is 2. The molecule has 1 heterocycles. The van der Waals surface area contributed by atoms with Crippen LogP contribution >= 0.6 is 0 Å². The lowest BCUT2D eigenvalue weighted by atomic mass is 10.1. The number of piperazine rings is 1. The summed E-state index contributed by atoms with van der Waals surface area (Å²) in [6.45, 7) is 3.41. The Morgan fingerprint density at radius 1 is 1.12 bits per heavy atom. The second-order valence-corrected chi connectivity index (χ2v) is 8.15. The molecule has 1 aromatic carbocycles. The van der Waals surface area contributed by atoms with Gasteiger partial charge in [-0.2, -0.15) is 4.31 Å². The molecule has 0 bridgehead atoms. The Balaban J connectivity index is 2.17. The zero-order chi connectivity index (χ0) is 19.3. The van der Waals surface area contributed by atoms with E-state index in [-0.39, 0.29) is 5.91 Å². The Bertz CT molecular complexity index is 730. The summed E-state index contributed by atoms with van der Waals surface area (Å²) in [6.07, 6.45) is 0.682. The van der Waals surface area contributed by atoms with Gasteiger partial charge in [-0.1, -0.05) is 30.3 Å². The van der Waals surface area contributed by atoms with Crippen LogP contribution in [-0.2, 0) is 19.6 Å². The van der Waals surface area contributed by atoms with Crippen LogP contribution < -0.4 is 0 Å². The SMILES string of the molecule is CCOC(=O)N1CCN(C(=O)[C@H](c2ccccc2)N(C)S(C)(=O)=O)CC1. The highest BCUT2D eigenvalue weighted by atomic mass is 32.2. The van der Waals surface area contributed by atoms with E-state index in [2.05, 4.69) is 0 Å². The van der Waals surface area contributed by atoms with E-state index in [9.17, 15) is 18.0 Å². The lowest BCUT2D eigenvalue weighted by molar-refractivity contribution is -0.136. The quantitative estimate of drug-likeness (QED) is 0.755. The molecule has 26 heavy (non-hydrogen) atoms. The first-order valence-electron chi connectivity index (χ1n) is 8.44. The highest BCUT2D eigenvalue weighted by Gasteiger charge is 2.35. The molecule has 0 N–H and O–H groups in total. The molecular weight excluding hydrogens is 358 g/mol. The largest absolute Gasteiger partial charge is 0.450 e. The summed E-state index contributed by atoms with van der Waals surface area (Å²) >= 11 is 0. The number of ether oxygens (including phenoxy) is 1. The van der Waals surface area contributed by atoms with Crippen LogP contribution in [0.3, 0.4) is 0 Å². The minimum atomic E-state index is -3.56. The van der Waals surface area contributed by atoms with Crippen LogP contribution in [-0.4, -0.2) is 80.6 Å². The van der Waals surface area contributed by atoms with Gasteiger partial charge >= 0.3 is 6.09 Å². The maximum absolute atomic E-state index is 13.1. The summed E-state index contributed by atoms with van der Waals surface area (Å²) in [5.41, 5.74) is 0.609. The molecule has 0 saturated carbocycles. The van der Waals surface area contributed by atoms with Crippen LogP contribution in [0.5, 0.6) is 0 Å². The highest BCUT2D eigenvalue weighted by molar-refractivity contribution is 7.88. The summed E-state index contributed by atoms with van der Waals surface area (Å²) in [5.74, 6) is -0.298. The molecule has 1 fully saturated rings. The van der Waals surface area contributed by atoms with E-state index in [1.807, 2.05) is 6.07 Å². The fourth-order valence-corrected chi connectivity index (χ4v) is 3.43. The van der Waals surface area contributed by atoms with Crippen molar-refractivity contribution in [3.8, 4) is 0 Å². The van der Waals surface area contributed by atoms with Gasteiger partial charge in [0.2, 0.25) is 15.9 Å². The van der Waals surface area contributed by atoms with Crippen molar-refractivity contribution in [2.75, 3.05) is 46.1 Å². The van der Waals surface area contributed by atoms with E-state index in [0.29, 0.717) is 38.3 Å². The van der Waals surface area contributed by atoms with E-state index in [1.165, 1.54) is 7.05 Å². The third kappa shape index (κ3) is 4.73. The summed E-state index contributed by atoms with van der Waals surface area (Å²) in [7, 11) is -2.16. The molecule has 1 aliphatic heterocycles. The van der Waals surface area contributed by atoms with Gasteiger partial charge in [0, 0.05) is 33.2 Å². The molecular formula is C17H25N3O5S. The zero-order valence-electron chi connectivity index (χ0n) is 15.3. The molecule has 1 saturated heterocycles. The normalized spacial score (nSPS) is 16.5. The maximum atomic E-state index is 13.1. The number of nitrogens with zero attached hydrogens (tertiary/aromatic N) is 3. The molecule has 0 spiro atoms. The van der Waals surface area contributed by atoms with E-state index < -0.39 is 22.2 Å². The van der Waals surface area contributed by atoms with Crippen molar-refractivity contribution in [1.82, 2.24) is 14.1 Å². The Labute approximate surface area is 154 Å². The van der Waals surface area contributed by atoms with E-state index in [0.717, 1.165) is 10.6 Å². The van der Waals surface area contributed by atoms with Gasteiger partial charge in [-0.15, -0.1) is 0 Å². The van der Waals surface area contributed by atoms with Crippen molar-refractivity contribution < 1.29 is 22.7 Å². The van der Waals surface area contributed by atoms with E-state index in [1.54, 1.807) is 41.0 Å². The van der Waals surface area contributed by atoms with Crippen LogP contribution in [0.4, 0.5) is 4.79 Å². The van der Waals surface area contributed by atoms with E-state index >= 15 is 0 Å². The third-order valence-electron chi connectivity index (χ3n) is 4.35. The first kappa shape index (κ1) is 20.2. The van der Waals surface area contributed by atoms with Gasteiger partial charge in [-0.3, -0.25) is 4.79 Å². The van der Waals surface area contributed by atoms with Crippen LogP contribution in [0.2, 0.25) is 0 Å². The highest BCUT2D eigenvalue weighted by Crippen LogP contribution is 2.25. The smallest absolute Gasteiger partial charge is 0.409 e. The van der Waals surface area contributed by atoms with Gasteiger partial charge in [-0.05, 0) is 12.5 Å². The van der Waals surface area contributed by atoms with Gasteiger partial charge in [-0.25, -0.2) is 13.2 Å². The minimum Gasteiger partial charge on any atom is -0.450 e. The van der Waals surface area contributed by atoms with Gasteiger partial charge < -0.3 is 14.5 Å². The van der Waals surface area contributed by atoms with Gasteiger partial charge in [0.25, 0.3) is 0 Å². The fourth-order valence-electron chi connectivity index (χ4n) is 2.83. The molecule has 2 rings (SSSR count). The van der Waals surface area contributed by atoms with Gasteiger partial charge in [0.05, 0.1) is 12.9 Å². The molecule has 144 valence electrons. The molecule has 1 aromatic rings. The number of hydrogen-bond acceptors (Lipinski definition) is 5. The Hall–Kier alpha value is -2.13. The topological polar surface area (TPSA) is 87.2 Å². The summed E-state index contributed by atoms with van der Waals surface area (Å²) < 4.78 is 30.1. The van der Waals surface area contributed by atoms with E-state index in [4.69, 9.17) is 4.74 Å².